The molecule has 0 atom stereocenters. The van der Waals surface area contributed by atoms with Crippen LogP contribution in [0.1, 0.15) is 55.5 Å². The van der Waals surface area contributed by atoms with Crippen molar-refractivity contribution in [2.75, 3.05) is 30.9 Å². The summed E-state index contributed by atoms with van der Waals surface area (Å²) in [5.74, 6) is 0.844. The predicted molar refractivity (Wildman–Crippen MR) is 134 cm³/mol. The van der Waals surface area contributed by atoms with E-state index in [1.165, 1.54) is 39.5 Å². The maximum Gasteiger partial charge on any atom is 0.236 e. The third-order valence-corrected chi connectivity index (χ3v) is 5.68. The van der Waals surface area contributed by atoms with E-state index in [1.54, 1.807) is 42.4 Å². The van der Waals surface area contributed by atoms with Crippen LogP contribution >= 0.6 is 0 Å². The Morgan fingerprint density at radius 2 is 1.91 bits per heavy atom. The number of nitrogens with one attached hydrogen (secondary N) is 1. The largest absolute Gasteiger partial charge is 0.496 e. The summed E-state index contributed by atoms with van der Waals surface area (Å²) in [6.45, 7) is 6.44. The molecule has 3 aromatic rings. The van der Waals surface area contributed by atoms with E-state index in [0.29, 0.717) is 22.8 Å². The van der Waals surface area contributed by atoms with Gasteiger partial charge in [0.05, 0.1) is 18.4 Å². The number of carbonyl (C=O) groups excluding carboxylic acids is 1. The van der Waals surface area contributed by atoms with Crippen LogP contribution in [0.5, 0.6) is 5.75 Å². The zero-order valence-corrected chi connectivity index (χ0v) is 20.5. The fraction of sp³-hybridized carbons (Fsp3) is 0.385. The summed E-state index contributed by atoms with van der Waals surface area (Å²) in [6, 6.07) is 6.93. The Balaban J connectivity index is 1.87. The van der Waals surface area contributed by atoms with Crippen molar-refractivity contribution in [3.05, 3.63) is 53.7 Å². The molecule has 0 amide bonds. The minimum absolute atomic E-state index is 0.0904. The first-order valence-electron chi connectivity index (χ1n) is 11.5. The van der Waals surface area contributed by atoms with E-state index in [1.807, 2.05) is 6.92 Å². The molecule has 8 heteroatoms. The lowest BCUT2D eigenvalue weighted by molar-refractivity contribution is 0.101. The van der Waals surface area contributed by atoms with Crippen molar-refractivity contribution in [3.8, 4) is 16.9 Å². The minimum Gasteiger partial charge on any atom is -0.496 e. The highest BCUT2D eigenvalue weighted by Crippen LogP contribution is 2.32. The second kappa shape index (κ2) is 11.5. The van der Waals surface area contributed by atoms with Crippen LogP contribution in [0.3, 0.4) is 0 Å². The van der Waals surface area contributed by atoms with Crippen LogP contribution < -0.4 is 15.0 Å². The fourth-order valence-corrected chi connectivity index (χ4v) is 3.63. The normalized spacial score (nSPS) is 10.8. The van der Waals surface area contributed by atoms with Gasteiger partial charge in [-0.2, -0.15) is 9.37 Å². The zero-order chi connectivity index (χ0) is 24.7. The highest BCUT2D eigenvalue weighted by Gasteiger charge is 2.17. The van der Waals surface area contributed by atoms with Gasteiger partial charge in [-0.3, -0.25) is 4.79 Å². The van der Waals surface area contributed by atoms with Crippen LogP contribution in [0.25, 0.3) is 11.1 Å². The summed E-state index contributed by atoms with van der Waals surface area (Å²) in [4.78, 5) is 26.4. The Labute approximate surface area is 200 Å². The number of nitrogens with zero attached hydrogens (tertiary/aromatic N) is 4. The molecule has 0 saturated carbocycles. The topological polar surface area (TPSA) is 80.2 Å². The quantitative estimate of drug-likeness (QED) is 0.213. The molecule has 2 heterocycles. The Morgan fingerprint density at radius 3 is 2.62 bits per heavy atom. The number of pyridine rings is 1. The van der Waals surface area contributed by atoms with Gasteiger partial charge in [-0.1, -0.05) is 32.3 Å². The van der Waals surface area contributed by atoms with Gasteiger partial charge >= 0.3 is 0 Å². The average Bonchev–Trinajstić information content (AvgIpc) is 2.84. The second-order valence-corrected chi connectivity index (χ2v) is 8.25. The molecule has 0 saturated heterocycles. The Bertz CT molecular complexity index is 1150. The highest BCUT2D eigenvalue weighted by atomic mass is 19.1. The summed E-state index contributed by atoms with van der Waals surface area (Å²) in [7, 11) is 3.22. The summed E-state index contributed by atoms with van der Waals surface area (Å²) in [5.41, 5.74) is 3.09. The summed E-state index contributed by atoms with van der Waals surface area (Å²) in [6.07, 6.45) is 7.82. The Hall–Kier alpha value is -3.55. The lowest BCUT2D eigenvalue weighted by Gasteiger charge is -2.20. The molecule has 0 bridgehead atoms. The average molecular weight is 466 g/mol. The standard InChI is InChI=1S/C26H32FN5O2/c1-6-7-8-9-12-28-25-17(2)15-30-26(31-25)32(4)22-13-20(16-29-24(22)27)19-10-11-21(18(3)33)23(14-19)34-5/h10-11,13-16H,6-9,12H2,1-5H3,(H,28,30,31). The van der Waals surface area contributed by atoms with Crippen molar-refractivity contribution in [1.82, 2.24) is 15.0 Å². The van der Waals surface area contributed by atoms with Crippen molar-refractivity contribution in [2.24, 2.45) is 0 Å². The molecular formula is C26H32FN5O2. The van der Waals surface area contributed by atoms with E-state index in [-0.39, 0.29) is 11.5 Å². The smallest absolute Gasteiger partial charge is 0.236 e. The van der Waals surface area contributed by atoms with Gasteiger partial charge in [0.2, 0.25) is 11.9 Å². The molecule has 0 radical (unpaired) electrons. The SMILES string of the molecule is CCCCCCNc1nc(N(C)c2cc(-c3ccc(C(C)=O)c(OC)c3)cnc2F)ncc1C. The van der Waals surface area contributed by atoms with Crippen molar-refractivity contribution < 1.29 is 13.9 Å². The third kappa shape index (κ3) is 5.87. The fourth-order valence-electron chi connectivity index (χ4n) is 3.63. The van der Waals surface area contributed by atoms with Gasteiger partial charge in [0, 0.05) is 37.1 Å². The molecule has 34 heavy (non-hydrogen) atoms. The van der Waals surface area contributed by atoms with E-state index >= 15 is 0 Å². The number of carbonyl (C=O) groups is 1. The minimum atomic E-state index is -0.628. The van der Waals surface area contributed by atoms with Gasteiger partial charge in [0.25, 0.3) is 0 Å². The van der Waals surface area contributed by atoms with Crippen LogP contribution in [-0.2, 0) is 0 Å². The number of anilines is 3. The van der Waals surface area contributed by atoms with Crippen LogP contribution in [0, 0.1) is 12.9 Å². The molecule has 0 fully saturated rings. The van der Waals surface area contributed by atoms with Crippen LogP contribution in [0.4, 0.5) is 21.8 Å². The first kappa shape index (κ1) is 25.1. The number of aryl methyl sites for hydroxylation is 1. The molecule has 1 aromatic carbocycles. The summed E-state index contributed by atoms with van der Waals surface area (Å²) >= 11 is 0. The first-order chi connectivity index (χ1) is 16.3. The van der Waals surface area contributed by atoms with Gasteiger partial charge in [-0.15, -0.1) is 0 Å². The molecule has 180 valence electrons. The van der Waals surface area contributed by atoms with E-state index in [4.69, 9.17) is 4.74 Å². The number of benzene rings is 1. The number of Topliss-reactive ketones (excluding diaryl/α,β-unsaturated/α-hetero) is 1. The molecule has 0 unspecified atom stereocenters. The van der Waals surface area contributed by atoms with Gasteiger partial charge in [-0.05, 0) is 44.0 Å². The number of unbranched alkanes of at least 4 members (excludes halogenated alkanes) is 3. The van der Waals surface area contributed by atoms with E-state index < -0.39 is 5.95 Å². The third-order valence-electron chi connectivity index (χ3n) is 5.68. The van der Waals surface area contributed by atoms with E-state index in [0.717, 1.165) is 29.9 Å². The number of aromatic nitrogens is 3. The van der Waals surface area contributed by atoms with Crippen molar-refractivity contribution in [3.63, 3.8) is 0 Å². The zero-order valence-electron chi connectivity index (χ0n) is 20.5. The lowest BCUT2D eigenvalue weighted by atomic mass is 10.0. The number of hydrogen-bond acceptors (Lipinski definition) is 7. The number of methoxy groups -OCH3 is 1. The van der Waals surface area contributed by atoms with Crippen LogP contribution in [0.15, 0.2) is 36.7 Å². The second-order valence-electron chi connectivity index (χ2n) is 8.25. The van der Waals surface area contributed by atoms with Crippen molar-refractivity contribution >= 4 is 23.2 Å². The number of ketones is 1. The van der Waals surface area contributed by atoms with Crippen molar-refractivity contribution in [1.29, 1.82) is 0 Å². The van der Waals surface area contributed by atoms with Crippen LogP contribution in [0.2, 0.25) is 0 Å². The number of ether oxygens (including phenoxy) is 1. The first-order valence-corrected chi connectivity index (χ1v) is 11.5. The predicted octanol–water partition coefficient (Wildman–Crippen LogP) is 5.96. The summed E-state index contributed by atoms with van der Waals surface area (Å²) in [5, 5.41) is 3.37. The van der Waals surface area contributed by atoms with Gasteiger partial charge in [0.15, 0.2) is 5.78 Å². The molecule has 7 nitrogen and oxygen atoms in total. The maximum atomic E-state index is 14.7. The van der Waals surface area contributed by atoms with Gasteiger partial charge in [0.1, 0.15) is 11.6 Å². The summed E-state index contributed by atoms with van der Waals surface area (Å²) < 4.78 is 20.1. The molecule has 3 rings (SSSR count). The molecular weight excluding hydrogens is 433 g/mol. The molecule has 1 N–H and O–H groups in total. The Kier molecular flexibility index (Phi) is 8.51. The van der Waals surface area contributed by atoms with E-state index in [2.05, 4.69) is 27.2 Å². The molecule has 0 aliphatic rings. The number of rotatable bonds is 11. The highest BCUT2D eigenvalue weighted by molar-refractivity contribution is 5.97. The lowest BCUT2D eigenvalue weighted by Crippen LogP contribution is -2.17. The maximum absolute atomic E-state index is 14.7. The molecule has 0 spiro atoms. The number of hydrogen-bond donors (Lipinski definition) is 1. The molecule has 0 aliphatic heterocycles. The Morgan fingerprint density at radius 1 is 1.12 bits per heavy atom. The monoisotopic (exact) mass is 465 g/mol. The molecule has 2 aromatic heterocycles. The van der Waals surface area contributed by atoms with Gasteiger partial charge < -0.3 is 15.0 Å². The van der Waals surface area contributed by atoms with Gasteiger partial charge in [-0.25, -0.2) is 9.97 Å². The van der Waals surface area contributed by atoms with Crippen LogP contribution in [-0.4, -0.2) is 41.4 Å². The van der Waals surface area contributed by atoms with E-state index in [9.17, 15) is 9.18 Å². The number of halogens is 1. The molecule has 0 aliphatic carbocycles. The van der Waals surface area contributed by atoms with Crippen molar-refractivity contribution in [2.45, 2.75) is 46.5 Å².